The molecule has 0 aliphatic carbocycles. The second-order valence-electron chi connectivity index (χ2n) is 4.99. The lowest BCUT2D eigenvalue weighted by atomic mass is 9.87. The quantitative estimate of drug-likeness (QED) is 0.849. The smallest absolute Gasteiger partial charge is 0.220 e. The summed E-state index contributed by atoms with van der Waals surface area (Å²) >= 11 is 0. The lowest BCUT2D eigenvalue weighted by Crippen LogP contribution is -2.20. The minimum Gasteiger partial charge on any atom is -0.384 e. The molecule has 1 heterocycles. The second kappa shape index (κ2) is 4.78. The molecule has 0 saturated heterocycles. The molecule has 16 heavy (non-hydrogen) atoms. The molecule has 0 aliphatic heterocycles. The molecule has 0 bridgehead atoms. The highest BCUT2D eigenvalue weighted by atomic mass is 16.5. The number of aromatic nitrogens is 2. The van der Waals surface area contributed by atoms with Crippen LogP contribution in [-0.4, -0.2) is 23.7 Å². The highest BCUT2D eigenvalue weighted by Crippen LogP contribution is 2.26. The summed E-state index contributed by atoms with van der Waals surface area (Å²) in [6.45, 7) is 9.04. The van der Waals surface area contributed by atoms with Crippen molar-refractivity contribution in [3.8, 4) is 0 Å². The largest absolute Gasteiger partial charge is 0.384 e. The van der Waals surface area contributed by atoms with Crippen LogP contribution in [0.3, 0.4) is 0 Å². The Balaban J connectivity index is 3.21. The fraction of sp³-hybridized carbons (Fsp3) is 0.667. The van der Waals surface area contributed by atoms with Crippen molar-refractivity contribution < 1.29 is 4.74 Å². The standard InChI is InChI=1S/C12H21N3O/c1-8-9(6-7-16-5)10(12(2,3)4)15-11(13)14-8/h6-7H2,1-5H3,(H2,13,14,15). The minimum absolute atomic E-state index is 0.0229. The fourth-order valence-corrected chi connectivity index (χ4v) is 1.74. The van der Waals surface area contributed by atoms with Gasteiger partial charge in [0.1, 0.15) is 0 Å². The Labute approximate surface area is 97.2 Å². The van der Waals surface area contributed by atoms with Crippen LogP contribution in [0.5, 0.6) is 0 Å². The molecule has 0 fully saturated rings. The lowest BCUT2D eigenvalue weighted by Gasteiger charge is -2.22. The molecule has 4 nitrogen and oxygen atoms in total. The first-order valence-electron chi connectivity index (χ1n) is 5.48. The molecule has 0 atom stereocenters. The summed E-state index contributed by atoms with van der Waals surface area (Å²) in [5.74, 6) is 0.351. The number of nitrogens with two attached hydrogens (primary N) is 1. The number of nitrogens with zero attached hydrogens (tertiary/aromatic N) is 2. The van der Waals surface area contributed by atoms with Crippen molar-refractivity contribution in [2.45, 2.75) is 39.5 Å². The van der Waals surface area contributed by atoms with Crippen molar-refractivity contribution in [1.29, 1.82) is 0 Å². The predicted molar refractivity (Wildman–Crippen MR) is 65.5 cm³/mol. The minimum atomic E-state index is -0.0229. The first kappa shape index (κ1) is 12.9. The predicted octanol–water partition coefficient (Wildman–Crippen LogP) is 1.85. The second-order valence-corrected chi connectivity index (χ2v) is 4.99. The van der Waals surface area contributed by atoms with Crippen LogP contribution in [0.15, 0.2) is 0 Å². The Morgan fingerprint density at radius 3 is 2.38 bits per heavy atom. The van der Waals surface area contributed by atoms with E-state index in [1.54, 1.807) is 7.11 Å². The summed E-state index contributed by atoms with van der Waals surface area (Å²) in [6.07, 6.45) is 0.829. The zero-order valence-electron chi connectivity index (χ0n) is 10.8. The molecular weight excluding hydrogens is 202 g/mol. The van der Waals surface area contributed by atoms with Gasteiger partial charge in [0.25, 0.3) is 0 Å². The summed E-state index contributed by atoms with van der Waals surface area (Å²) in [6, 6.07) is 0. The van der Waals surface area contributed by atoms with Gasteiger partial charge in [-0.2, -0.15) is 0 Å². The van der Waals surface area contributed by atoms with Crippen LogP contribution in [0.4, 0.5) is 5.95 Å². The third-order valence-electron chi connectivity index (χ3n) is 2.50. The number of anilines is 1. The van der Waals surface area contributed by atoms with Crippen molar-refractivity contribution in [1.82, 2.24) is 9.97 Å². The van der Waals surface area contributed by atoms with Crippen molar-refractivity contribution in [2.24, 2.45) is 0 Å². The Morgan fingerprint density at radius 1 is 1.25 bits per heavy atom. The molecule has 2 N–H and O–H groups in total. The van der Waals surface area contributed by atoms with E-state index in [9.17, 15) is 0 Å². The summed E-state index contributed by atoms with van der Waals surface area (Å²) in [5.41, 5.74) is 8.81. The number of methoxy groups -OCH3 is 1. The normalized spacial score (nSPS) is 11.8. The molecular formula is C12H21N3O. The zero-order valence-corrected chi connectivity index (χ0v) is 10.8. The lowest BCUT2D eigenvalue weighted by molar-refractivity contribution is 0.201. The number of ether oxygens (including phenoxy) is 1. The van der Waals surface area contributed by atoms with Gasteiger partial charge in [0.2, 0.25) is 5.95 Å². The van der Waals surface area contributed by atoms with E-state index in [4.69, 9.17) is 10.5 Å². The van der Waals surface area contributed by atoms with Crippen LogP contribution in [0.25, 0.3) is 0 Å². The van der Waals surface area contributed by atoms with Gasteiger partial charge in [-0.1, -0.05) is 20.8 Å². The van der Waals surface area contributed by atoms with E-state index >= 15 is 0 Å². The van der Waals surface area contributed by atoms with Crippen LogP contribution in [0.2, 0.25) is 0 Å². The van der Waals surface area contributed by atoms with Crippen LogP contribution in [0.1, 0.15) is 37.7 Å². The third kappa shape index (κ3) is 2.92. The third-order valence-corrected chi connectivity index (χ3v) is 2.50. The maximum absolute atomic E-state index is 5.70. The summed E-state index contributed by atoms with van der Waals surface area (Å²) < 4.78 is 5.11. The van der Waals surface area contributed by atoms with Crippen molar-refractivity contribution >= 4 is 5.95 Å². The van der Waals surface area contributed by atoms with E-state index in [0.29, 0.717) is 12.6 Å². The van der Waals surface area contributed by atoms with E-state index in [0.717, 1.165) is 23.4 Å². The zero-order chi connectivity index (χ0) is 12.3. The van der Waals surface area contributed by atoms with Crippen molar-refractivity contribution in [2.75, 3.05) is 19.5 Å². The van der Waals surface area contributed by atoms with Gasteiger partial charge in [0.15, 0.2) is 0 Å². The Kier molecular flexibility index (Phi) is 3.86. The van der Waals surface area contributed by atoms with Crippen LogP contribution >= 0.6 is 0 Å². The molecule has 0 radical (unpaired) electrons. The molecule has 0 amide bonds. The molecule has 0 saturated carbocycles. The number of hydrogen-bond acceptors (Lipinski definition) is 4. The van der Waals surface area contributed by atoms with Crippen LogP contribution in [-0.2, 0) is 16.6 Å². The maximum atomic E-state index is 5.70. The summed E-state index contributed by atoms with van der Waals surface area (Å²) in [7, 11) is 1.70. The van der Waals surface area contributed by atoms with Crippen molar-refractivity contribution in [3.05, 3.63) is 17.0 Å². The SMILES string of the molecule is COCCc1c(C)nc(N)nc1C(C)(C)C. The molecule has 0 aromatic carbocycles. The average molecular weight is 223 g/mol. The van der Waals surface area contributed by atoms with E-state index in [2.05, 4.69) is 30.7 Å². The van der Waals surface area contributed by atoms with Crippen molar-refractivity contribution in [3.63, 3.8) is 0 Å². The van der Waals surface area contributed by atoms with Gasteiger partial charge in [-0.15, -0.1) is 0 Å². The number of nitrogen functional groups attached to an aromatic ring is 1. The Morgan fingerprint density at radius 2 is 1.88 bits per heavy atom. The van der Waals surface area contributed by atoms with Gasteiger partial charge in [-0.05, 0) is 18.9 Å². The van der Waals surface area contributed by atoms with Gasteiger partial charge < -0.3 is 10.5 Å². The number of rotatable bonds is 3. The molecule has 0 aliphatic rings. The molecule has 1 aromatic rings. The maximum Gasteiger partial charge on any atom is 0.220 e. The van der Waals surface area contributed by atoms with E-state index in [1.165, 1.54) is 0 Å². The number of aryl methyl sites for hydroxylation is 1. The van der Waals surface area contributed by atoms with Gasteiger partial charge >= 0.3 is 0 Å². The molecule has 0 spiro atoms. The Hall–Kier alpha value is -1.16. The van der Waals surface area contributed by atoms with E-state index < -0.39 is 0 Å². The monoisotopic (exact) mass is 223 g/mol. The number of hydrogen-bond donors (Lipinski definition) is 1. The highest BCUT2D eigenvalue weighted by Gasteiger charge is 2.22. The average Bonchev–Trinajstić information content (AvgIpc) is 2.14. The first-order chi connectivity index (χ1) is 7.36. The molecule has 1 rings (SSSR count). The molecule has 1 aromatic heterocycles. The topological polar surface area (TPSA) is 61.0 Å². The molecule has 90 valence electrons. The van der Waals surface area contributed by atoms with Crippen LogP contribution < -0.4 is 5.73 Å². The van der Waals surface area contributed by atoms with Gasteiger partial charge in [-0.3, -0.25) is 0 Å². The van der Waals surface area contributed by atoms with E-state index in [1.807, 2.05) is 6.92 Å². The van der Waals surface area contributed by atoms with Gasteiger partial charge in [0, 0.05) is 18.2 Å². The first-order valence-corrected chi connectivity index (χ1v) is 5.48. The Bertz CT molecular complexity index is 369. The molecule has 0 unspecified atom stereocenters. The van der Waals surface area contributed by atoms with E-state index in [-0.39, 0.29) is 5.41 Å². The van der Waals surface area contributed by atoms with Gasteiger partial charge in [-0.25, -0.2) is 9.97 Å². The van der Waals surface area contributed by atoms with Crippen LogP contribution in [0, 0.1) is 6.92 Å². The fourth-order valence-electron chi connectivity index (χ4n) is 1.74. The summed E-state index contributed by atoms with van der Waals surface area (Å²) in [4.78, 5) is 8.58. The van der Waals surface area contributed by atoms with Gasteiger partial charge in [0.05, 0.1) is 12.3 Å². The summed E-state index contributed by atoms with van der Waals surface area (Å²) in [5, 5.41) is 0. The molecule has 4 heteroatoms. The highest BCUT2D eigenvalue weighted by molar-refractivity contribution is 5.35.